The molecule has 10 heteroatoms. The maximum absolute atomic E-state index is 12.6. The summed E-state index contributed by atoms with van der Waals surface area (Å²) in [5.41, 5.74) is 4.64. The van der Waals surface area contributed by atoms with Gasteiger partial charge in [-0.3, -0.25) is 14.8 Å². The van der Waals surface area contributed by atoms with E-state index in [0.717, 1.165) is 28.7 Å². The highest BCUT2D eigenvalue weighted by Gasteiger charge is 2.14. The van der Waals surface area contributed by atoms with Crippen molar-refractivity contribution >= 4 is 61.4 Å². The minimum atomic E-state index is -0.0571. The molecule has 0 unspecified atom stereocenters. The third-order valence-electron chi connectivity index (χ3n) is 6.02. The van der Waals surface area contributed by atoms with Gasteiger partial charge in [-0.2, -0.15) is 5.26 Å². The monoisotopic (exact) mass is 606 g/mol. The van der Waals surface area contributed by atoms with Gasteiger partial charge in [0, 0.05) is 40.0 Å². The van der Waals surface area contributed by atoms with Crippen molar-refractivity contribution in [2.24, 2.45) is 0 Å². The van der Waals surface area contributed by atoms with E-state index in [-0.39, 0.29) is 12.5 Å². The van der Waals surface area contributed by atoms with Crippen LogP contribution < -0.4 is 15.4 Å². The van der Waals surface area contributed by atoms with Crippen LogP contribution in [0.1, 0.15) is 29.7 Å². The molecule has 39 heavy (non-hydrogen) atoms. The molecule has 0 aliphatic rings. The van der Waals surface area contributed by atoms with Crippen molar-refractivity contribution in [2.45, 2.75) is 26.4 Å². The maximum atomic E-state index is 12.6. The van der Waals surface area contributed by atoms with Crippen LogP contribution in [0.5, 0.6) is 5.75 Å². The average molecular weight is 608 g/mol. The van der Waals surface area contributed by atoms with Crippen molar-refractivity contribution in [3.05, 3.63) is 81.2 Å². The molecule has 0 saturated heterocycles. The van der Waals surface area contributed by atoms with Crippen LogP contribution in [-0.4, -0.2) is 41.4 Å². The lowest BCUT2D eigenvalue weighted by molar-refractivity contribution is -0.116. The second kappa shape index (κ2) is 12.9. The Bertz CT molecular complexity index is 1550. The zero-order valence-electron chi connectivity index (χ0n) is 21.9. The first kappa shape index (κ1) is 28.3. The summed E-state index contributed by atoms with van der Waals surface area (Å²) in [5, 5.41) is 17.3. The van der Waals surface area contributed by atoms with Crippen molar-refractivity contribution in [3.63, 3.8) is 0 Å². The second-order valence-corrected chi connectivity index (χ2v) is 10.6. The highest BCUT2D eigenvalue weighted by Crippen LogP contribution is 2.35. The molecule has 0 aliphatic heterocycles. The summed E-state index contributed by atoms with van der Waals surface area (Å²) >= 11 is 10.0. The molecule has 8 nitrogen and oxygen atoms in total. The van der Waals surface area contributed by atoms with Crippen molar-refractivity contribution in [2.75, 3.05) is 31.3 Å². The standard InChI is InChI=1S/C29H28BrClN6O2/c1-18-12-25-21(14-24(18)36-28(38)7-5-11-37(2)3)29(19(15-32)16-34-25)35-20-8-9-27(23(31)13-20)39-17-26-22(30)6-4-10-33-26/h4,6,8-10,12-14,16H,5,7,11,17H2,1-3H3,(H,34,35)(H,36,38). The summed E-state index contributed by atoms with van der Waals surface area (Å²) in [5.74, 6) is 0.452. The number of hydrogen-bond donors (Lipinski definition) is 2. The van der Waals surface area contributed by atoms with E-state index < -0.39 is 0 Å². The smallest absolute Gasteiger partial charge is 0.224 e. The number of benzene rings is 2. The van der Waals surface area contributed by atoms with Gasteiger partial charge in [0.15, 0.2) is 0 Å². The molecular weight excluding hydrogens is 580 g/mol. The van der Waals surface area contributed by atoms with Gasteiger partial charge in [0.2, 0.25) is 5.91 Å². The topological polar surface area (TPSA) is 103 Å². The molecule has 0 spiro atoms. The number of halogens is 2. The summed E-state index contributed by atoms with van der Waals surface area (Å²) in [6.07, 6.45) is 4.42. The fourth-order valence-corrected chi connectivity index (χ4v) is 4.58. The van der Waals surface area contributed by atoms with Gasteiger partial charge in [0.25, 0.3) is 0 Å². The van der Waals surface area contributed by atoms with Gasteiger partial charge >= 0.3 is 0 Å². The van der Waals surface area contributed by atoms with E-state index in [0.29, 0.717) is 50.7 Å². The van der Waals surface area contributed by atoms with E-state index in [1.54, 1.807) is 18.3 Å². The van der Waals surface area contributed by atoms with E-state index >= 15 is 0 Å². The SMILES string of the molecule is Cc1cc2ncc(C#N)c(Nc3ccc(OCc4ncccc4Br)c(Cl)c3)c2cc1NC(=O)CCCN(C)C. The largest absolute Gasteiger partial charge is 0.486 e. The molecule has 1 amide bonds. The Balaban J connectivity index is 1.58. The van der Waals surface area contributed by atoms with Crippen molar-refractivity contribution in [1.29, 1.82) is 5.26 Å². The lowest BCUT2D eigenvalue weighted by Crippen LogP contribution is -2.17. The number of nitriles is 1. The number of aromatic nitrogens is 2. The summed E-state index contributed by atoms with van der Waals surface area (Å²) in [6, 6.07) is 15.0. The fourth-order valence-electron chi connectivity index (χ4n) is 3.98. The first-order valence-corrected chi connectivity index (χ1v) is 13.5. The summed E-state index contributed by atoms with van der Waals surface area (Å²) in [6.45, 7) is 3.01. The zero-order valence-corrected chi connectivity index (χ0v) is 24.2. The molecule has 0 aliphatic carbocycles. The quantitative estimate of drug-likeness (QED) is 0.204. The van der Waals surface area contributed by atoms with Crippen LogP contribution in [0.2, 0.25) is 5.02 Å². The summed E-state index contributed by atoms with van der Waals surface area (Å²) < 4.78 is 6.73. The third kappa shape index (κ3) is 7.24. The number of ether oxygens (including phenoxy) is 1. The Labute approximate surface area is 241 Å². The Morgan fingerprint density at radius 2 is 2.03 bits per heavy atom. The summed E-state index contributed by atoms with van der Waals surface area (Å²) in [7, 11) is 3.96. The summed E-state index contributed by atoms with van der Waals surface area (Å²) in [4.78, 5) is 23.4. The number of pyridine rings is 2. The van der Waals surface area contributed by atoms with E-state index in [9.17, 15) is 10.1 Å². The molecule has 200 valence electrons. The minimum absolute atomic E-state index is 0.0571. The number of carbonyl (C=O) groups is 1. The molecule has 4 aromatic rings. The third-order valence-corrected chi connectivity index (χ3v) is 7.04. The number of amides is 1. The van der Waals surface area contributed by atoms with Crippen molar-refractivity contribution in [1.82, 2.24) is 14.9 Å². The number of fused-ring (bicyclic) bond motifs is 1. The van der Waals surface area contributed by atoms with Crippen LogP contribution in [-0.2, 0) is 11.4 Å². The predicted octanol–water partition coefficient (Wildman–Crippen LogP) is 6.83. The van der Waals surface area contributed by atoms with Crippen LogP contribution in [0, 0.1) is 18.3 Å². The zero-order chi connectivity index (χ0) is 27.9. The number of nitrogens with one attached hydrogen (secondary N) is 2. The van der Waals surface area contributed by atoms with Crippen LogP contribution in [0.4, 0.5) is 17.1 Å². The predicted molar refractivity (Wildman–Crippen MR) is 159 cm³/mol. The van der Waals surface area contributed by atoms with E-state index in [1.807, 2.05) is 56.3 Å². The van der Waals surface area contributed by atoms with E-state index in [1.165, 1.54) is 6.20 Å². The lowest BCUT2D eigenvalue weighted by Gasteiger charge is -2.16. The van der Waals surface area contributed by atoms with Gasteiger partial charge in [-0.25, -0.2) is 0 Å². The fraction of sp³-hybridized carbons (Fsp3) is 0.241. The molecule has 2 aromatic heterocycles. The Morgan fingerprint density at radius 1 is 1.21 bits per heavy atom. The number of aryl methyl sites for hydroxylation is 1. The van der Waals surface area contributed by atoms with E-state index in [2.05, 4.69) is 42.6 Å². The highest BCUT2D eigenvalue weighted by atomic mass is 79.9. The maximum Gasteiger partial charge on any atom is 0.224 e. The van der Waals surface area contributed by atoms with Gasteiger partial charge < -0.3 is 20.3 Å². The molecule has 2 aromatic carbocycles. The van der Waals surface area contributed by atoms with Gasteiger partial charge in [-0.15, -0.1) is 0 Å². The molecule has 4 rings (SSSR count). The van der Waals surface area contributed by atoms with Gasteiger partial charge in [-0.1, -0.05) is 11.6 Å². The van der Waals surface area contributed by atoms with Crippen LogP contribution in [0.3, 0.4) is 0 Å². The Kier molecular flexibility index (Phi) is 9.36. The molecule has 2 heterocycles. The van der Waals surface area contributed by atoms with Crippen LogP contribution in [0.15, 0.2) is 59.3 Å². The Morgan fingerprint density at radius 3 is 2.74 bits per heavy atom. The Hall–Kier alpha value is -3.71. The molecule has 0 bridgehead atoms. The van der Waals surface area contributed by atoms with E-state index in [4.69, 9.17) is 16.3 Å². The molecule has 2 N–H and O–H groups in total. The molecule has 0 atom stereocenters. The normalized spacial score (nSPS) is 10.9. The first-order chi connectivity index (χ1) is 18.7. The molecular formula is C29H28BrClN6O2. The number of hydrogen-bond acceptors (Lipinski definition) is 7. The molecule has 0 radical (unpaired) electrons. The van der Waals surface area contributed by atoms with Crippen LogP contribution in [0.25, 0.3) is 10.9 Å². The van der Waals surface area contributed by atoms with Crippen molar-refractivity contribution < 1.29 is 9.53 Å². The number of nitrogens with zero attached hydrogens (tertiary/aromatic N) is 4. The van der Waals surface area contributed by atoms with Crippen LogP contribution >= 0.6 is 27.5 Å². The first-order valence-electron chi connectivity index (χ1n) is 12.3. The van der Waals surface area contributed by atoms with Gasteiger partial charge in [-0.05, 0) is 97.9 Å². The molecule has 0 fully saturated rings. The minimum Gasteiger partial charge on any atom is -0.486 e. The van der Waals surface area contributed by atoms with Gasteiger partial charge in [0.1, 0.15) is 18.4 Å². The highest BCUT2D eigenvalue weighted by molar-refractivity contribution is 9.10. The average Bonchev–Trinajstić information content (AvgIpc) is 2.89. The second-order valence-electron chi connectivity index (χ2n) is 9.29. The number of rotatable bonds is 10. The number of carbonyl (C=O) groups excluding carboxylic acids is 1. The molecule has 0 saturated carbocycles. The van der Waals surface area contributed by atoms with Gasteiger partial charge in [0.05, 0.1) is 27.5 Å². The van der Waals surface area contributed by atoms with Crippen molar-refractivity contribution in [3.8, 4) is 11.8 Å². The lowest BCUT2D eigenvalue weighted by atomic mass is 10.0. The number of anilines is 3.